The van der Waals surface area contributed by atoms with Gasteiger partial charge in [0.25, 0.3) is 0 Å². The van der Waals surface area contributed by atoms with E-state index in [0.29, 0.717) is 5.56 Å². The van der Waals surface area contributed by atoms with E-state index in [9.17, 15) is 4.79 Å². The minimum Gasteiger partial charge on any atom is -0.366 e. The third kappa shape index (κ3) is 3.14. The third-order valence-electron chi connectivity index (χ3n) is 4.57. The maximum Gasteiger partial charge on any atom is 0.248 e. The Kier molecular flexibility index (Phi) is 4.43. The molecule has 3 rings (SSSR count). The SMILES string of the molecule is Cc1nn2ccc(C(N)=O)cc2c1CCCN1CCCCC1. The second-order valence-corrected chi connectivity index (χ2v) is 6.18. The molecule has 1 aliphatic rings. The van der Waals surface area contributed by atoms with Crippen LogP contribution in [-0.4, -0.2) is 40.1 Å². The Morgan fingerprint density at radius 3 is 2.82 bits per heavy atom. The van der Waals surface area contributed by atoms with Gasteiger partial charge in [0.05, 0.1) is 11.2 Å². The van der Waals surface area contributed by atoms with Crippen LogP contribution in [0.1, 0.15) is 47.3 Å². The normalized spacial score (nSPS) is 16.2. The van der Waals surface area contributed by atoms with Crippen molar-refractivity contribution in [1.82, 2.24) is 14.5 Å². The molecule has 0 bridgehead atoms. The molecule has 0 unspecified atom stereocenters. The lowest BCUT2D eigenvalue weighted by Gasteiger charge is -2.26. The molecule has 0 aliphatic carbocycles. The average molecular weight is 300 g/mol. The van der Waals surface area contributed by atoms with Crippen LogP contribution in [0.25, 0.3) is 5.52 Å². The van der Waals surface area contributed by atoms with Crippen molar-refractivity contribution in [3.63, 3.8) is 0 Å². The molecule has 1 fully saturated rings. The van der Waals surface area contributed by atoms with Crippen LogP contribution < -0.4 is 5.73 Å². The van der Waals surface area contributed by atoms with Gasteiger partial charge in [0.15, 0.2) is 0 Å². The van der Waals surface area contributed by atoms with Gasteiger partial charge in [0, 0.05) is 17.3 Å². The van der Waals surface area contributed by atoms with E-state index in [1.807, 2.05) is 23.7 Å². The molecule has 118 valence electrons. The molecule has 0 radical (unpaired) electrons. The summed E-state index contributed by atoms with van der Waals surface area (Å²) in [5.74, 6) is -0.388. The predicted octanol–water partition coefficient (Wildman–Crippen LogP) is 2.16. The van der Waals surface area contributed by atoms with Crippen LogP contribution in [0, 0.1) is 6.92 Å². The Morgan fingerprint density at radius 1 is 1.32 bits per heavy atom. The number of pyridine rings is 1. The lowest BCUT2D eigenvalue weighted by Crippen LogP contribution is -2.30. The first-order chi connectivity index (χ1) is 10.6. The lowest BCUT2D eigenvalue weighted by atomic mass is 10.1. The van der Waals surface area contributed by atoms with Crippen molar-refractivity contribution in [1.29, 1.82) is 0 Å². The van der Waals surface area contributed by atoms with Gasteiger partial charge in [-0.1, -0.05) is 6.42 Å². The largest absolute Gasteiger partial charge is 0.366 e. The number of likely N-dealkylation sites (tertiary alicyclic amines) is 1. The monoisotopic (exact) mass is 300 g/mol. The number of amides is 1. The highest BCUT2D eigenvalue weighted by Gasteiger charge is 2.13. The number of hydrogen-bond donors (Lipinski definition) is 1. The second-order valence-electron chi connectivity index (χ2n) is 6.18. The number of carbonyl (C=O) groups excluding carboxylic acids is 1. The summed E-state index contributed by atoms with van der Waals surface area (Å²) in [6.45, 7) is 5.65. The summed E-state index contributed by atoms with van der Waals surface area (Å²) in [4.78, 5) is 13.9. The predicted molar refractivity (Wildman–Crippen MR) is 87.1 cm³/mol. The van der Waals surface area contributed by atoms with Crippen LogP contribution in [0.2, 0.25) is 0 Å². The van der Waals surface area contributed by atoms with Crippen molar-refractivity contribution < 1.29 is 4.79 Å². The highest BCUT2D eigenvalue weighted by Crippen LogP contribution is 2.19. The Labute approximate surface area is 131 Å². The molecular weight excluding hydrogens is 276 g/mol. The number of rotatable bonds is 5. The Hall–Kier alpha value is -1.88. The van der Waals surface area contributed by atoms with Gasteiger partial charge >= 0.3 is 0 Å². The molecule has 5 heteroatoms. The molecule has 3 heterocycles. The molecule has 1 amide bonds. The van der Waals surface area contributed by atoms with E-state index >= 15 is 0 Å². The molecule has 22 heavy (non-hydrogen) atoms. The van der Waals surface area contributed by atoms with Crippen LogP contribution in [0.5, 0.6) is 0 Å². The van der Waals surface area contributed by atoms with Gasteiger partial charge in [-0.25, -0.2) is 4.52 Å². The van der Waals surface area contributed by atoms with Gasteiger partial charge in [0.2, 0.25) is 5.91 Å². The first kappa shape index (κ1) is 15.0. The van der Waals surface area contributed by atoms with Crippen molar-refractivity contribution >= 4 is 11.4 Å². The van der Waals surface area contributed by atoms with Gasteiger partial charge < -0.3 is 10.6 Å². The maximum absolute atomic E-state index is 11.4. The summed E-state index contributed by atoms with van der Waals surface area (Å²) >= 11 is 0. The fraction of sp³-hybridized carbons (Fsp3) is 0.529. The minimum atomic E-state index is -0.388. The maximum atomic E-state index is 11.4. The summed E-state index contributed by atoms with van der Waals surface area (Å²) in [7, 11) is 0. The van der Waals surface area contributed by atoms with Crippen molar-refractivity contribution in [2.75, 3.05) is 19.6 Å². The zero-order chi connectivity index (χ0) is 15.5. The summed E-state index contributed by atoms with van der Waals surface area (Å²) < 4.78 is 1.85. The first-order valence-corrected chi connectivity index (χ1v) is 8.15. The molecule has 0 atom stereocenters. The van der Waals surface area contributed by atoms with Gasteiger partial charge in [-0.2, -0.15) is 5.10 Å². The van der Waals surface area contributed by atoms with Gasteiger partial charge in [-0.3, -0.25) is 4.79 Å². The summed E-state index contributed by atoms with van der Waals surface area (Å²) in [6.07, 6.45) is 7.97. The van der Waals surface area contributed by atoms with Gasteiger partial charge in [-0.15, -0.1) is 0 Å². The molecule has 1 saturated heterocycles. The van der Waals surface area contributed by atoms with Crippen LogP contribution >= 0.6 is 0 Å². The molecule has 2 N–H and O–H groups in total. The van der Waals surface area contributed by atoms with E-state index in [1.165, 1.54) is 37.9 Å². The van der Waals surface area contributed by atoms with Crippen molar-refractivity contribution in [2.45, 2.75) is 39.0 Å². The first-order valence-electron chi connectivity index (χ1n) is 8.15. The molecular formula is C17H24N4O. The van der Waals surface area contributed by atoms with Gasteiger partial charge in [-0.05, 0) is 64.4 Å². The topological polar surface area (TPSA) is 63.6 Å². The molecule has 1 aliphatic heterocycles. The number of primary amides is 1. The Morgan fingerprint density at radius 2 is 2.09 bits per heavy atom. The number of carbonyl (C=O) groups is 1. The smallest absolute Gasteiger partial charge is 0.248 e. The minimum absolute atomic E-state index is 0.388. The lowest BCUT2D eigenvalue weighted by molar-refractivity contribution is 0.100. The number of aryl methyl sites for hydroxylation is 2. The number of aromatic nitrogens is 2. The third-order valence-corrected chi connectivity index (χ3v) is 4.57. The van der Waals surface area contributed by atoms with Crippen LogP contribution in [0.3, 0.4) is 0 Å². The van der Waals surface area contributed by atoms with Crippen molar-refractivity contribution in [3.05, 3.63) is 35.2 Å². The highest BCUT2D eigenvalue weighted by atomic mass is 16.1. The zero-order valence-corrected chi connectivity index (χ0v) is 13.2. The fourth-order valence-electron chi connectivity index (χ4n) is 3.34. The Balaban J connectivity index is 1.73. The van der Waals surface area contributed by atoms with Crippen molar-refractivity contribution in [2.24, 2.45) is 5.73 Å². The average Bonchev–Trinajstić information content (AvgIpc) is 2.83. The van der Waals surface area contributed by atoms with E-state index in [0.717, 1.165) is 30.6 Å². The van der Waals surface area contributed by atoms with Crippen LogP contribution in [-0.2, 0) is 6.42 Å². The molecule has 0 spiro atoms. The van der Waals surface area contributed by atoms with E-state index in [1.54, 1.807) is 6.07 Å². The Bertz CT molecular complexity index is 671. The molecule has 0 saturated carbocycles. The highest BCUT2D eigenvalue weighted by molar-refractivity contribution is 5.94. The van der Waals surface area contributed by atoms with Crippen LogP contribution in [0.15, 0.2) is 18.3 Å². The van der Waals surface area contributed by atoms with E-state index in [4.69, 9.17) is 5.73 Å². The molecule has 5 nitrogen and oxygen atoms in total. The second kappa shape index (κ2) is 6.48. The quantitative estimate of drug-likeness (QED) is 0.920. The van der Waals surface area contributed by atoms with E-state index in [2.05, 4.69) is 10.00 Å². The fourth-order valence-corrected chi connectivity index (χ4v) is 3.34. The van der Waals surface area contributed by atoms with Crippen molar-refractivity contribution in [3.8, 4) is 0 Å². The van der Waals surface area contributed by atoms with Gasteiger partial charge in [0.1, 0.15) is 0 Å². The number of nitrogens with two attached hydrogens (primary N) is 1. The zero-order valence-electron chi connectivity index (χ0n) is 13.2. The number of hydrogen-bond acceptors (Lipinski definition) is 3. The number of piperidine rings is 1. The standard InChI is InChI=1S/C17H24N4O/c1-13-15(6-5-10-20-8-3-2-4-9-20)16-12-14(17(18)22)7-11-21(16)19-13/h7,11-12H,2-6,8-10H2,1H3,(H2,18,22). The van der Waals surface area contributed by atoms with Crippen LogP contribution in [0.4, 0.5) is 0 Å². The van der Waals surface area contributed by atoms with E-state index < -0.39 is 0 Å². The molecule has 2 aromatic heterocycles. The molecule has 2 aromatic rings. The summed E-state index contributed by atoms with van der Waals surface area (Å²) in [5.41, 5.74) is 9.22. The summed E-state index contributed by atoms with van der Waals surface area (Å²) in [6, 6.07) is 3.58. The molecule has 0 aromatic carbocycles. The number of nitrogens with zero attached hydrogens (tertiary/aromatic N) is 3. The number of fused-ring (bicyclic) bond motifs is 1. The van der Waals surface area contributed by atoms with E-state index in [-0.39, 0.29) is 5.91 Å². The summed E-state index contributed by atoms with van der Waals surface area (Å²) in [5, 5.41) is 4.53.